The number of benzene rings is 1. The van der Waals surface area contributed by atoms with Crippen LogP contribution in [0, 0.1) is 0 Å². The fourth-order valence-electron chi connectivity index (χ4n) is 2.29. The van der Waals surface area contributed by atoms with Crippen molar-refractivity contribution in [2.24, 2.45) is 0 Å². The molecule has 0 aliphatic heterocycles. The maximum Gasteiger partial charge on any atom is 0.338 e. The minimum Gasteiger partial charge on any atom is -0.462 e. The highest BCUT2D eigenvalue weighted by Gasteiger charge is 2.12. The van der Waals surface area contributed by atoms with Gasteiger partial charge in [-0.25, -0.2) is 4.79 Å². The molecule has 29 heavy (non-hydrogen) atoms. The molecule has 0 radical (unpaired) electrons. The number of nitrogens with zero attached hydrogens (tertiary/aromatic N) is 3. The van der Waals surface area contributed by atoms with Crippen LogP contribution in [-0.4, -0.2) is 39.4 Å². The molecule has 1 amide bonds. The van der Waals surface area contributed by atoms with Crippen LogP contribution in [-0.2, 0) is 9.53 Å². The topological polar surface area (TPSA) is 107 Å². The molecule has 0 aliphatic carbocycles. The molecule has 150 valence electrons. The van der Waals surface area contributed by atoms with Crippen molar-refractivity contribution in [2.45, 2.75) is 25.0 Å². The number of nitrogens with one attached hydrogen (secondary N) is 1. The lowest BCUT2D eigenvalue weighted by Gasteiger charge is -2.06. The third-order valence-electron chi connectivity index (χ3n) is 3.80. The van der Waals surface area contributed by atoms with Gasteiger partial charge in [0.1, 0.15) is 0 Å². The summed E-state index contributed by atoms with van der Waals surface area (Å²) in [6, 6.07) is 10.1. The molecule has 0 spiro atoms. The Morgan fingerprint density at radius 3 is 2.59 bits per heavy atom. The van der Waals surface area contributed by atoms with Gasteiger partial charge >= 0.3 is 5.97 Å². The van der Waals surface area contributed by atoms with Crippen LogP contribution < -0.4 is 5.32 Å². The second-order valence-electron chi connectivity index (χ2n) is 6.01. The molecule has 3 rings (SSSR count). The van der Waals surface area contributed by atoms with Gasteiger partial charge in [-0.2, -0.15) is 0 Å². The van der Waals surface area contributed by atoms with Crippen LogP contribution in [0.3, 0.4) is 0 Å². The number of esters is 1. The number of unbranched alkanes of at least 4 members (excludes halogenated alkanes) is 1. The van der Waals surface area contributed by atoms with Gasteiger partial charge in [0.05, 0.1) is 17.9 Å². The molecule has 1 aromatic carbocycles. The van der Waals surface area contributed by atoms with Crippen molar-refractivity contribution < 1.29 is 18.7 Å². The summed E-state index contributed by atoms with van der Waals surface area (Å²) in [6.45, 7) is 2.44. The number of hydrogen-bond acceptors (Lipinski definition) is 8. The van der Waals surface area contributed by atoms with E-state index in [1.807, 2.05) is 6.92 Å². The van der Waals surface area contributed by atoms with E-state index in [1.54, 1.807) is 48.8 Å². The number of ether oxygens (including phenoxy) is 1. The third-order valence-corrected chi connectivity index (χ3v) is 4.61. The normalized spacial score (nSPS) is 10.5. The van der Waals surface area contributed by atoms with E-state index in [-0.39, 0.29) is 17.6 Å². The molecule has 0 saturated carbocycles. The highest BCUT2D eigenvalue weighted by atomic mass is 32.2. The average Bonchev–Trinajstić information content (AvgIpc) is 3.23. The van der Waals surface area contributed by atoms with Gasteiger partial charge in [-0.1, -0.05) is 25.1 Å². The molecule has 2 aromatic heterocycles. The predicted molar refractivity (Wildman–Crippen MR) is 109 cm³/mol. The number of rotatable bonds is 9. The number of thioether (sulfide) groups is 1. The van der Waals surface area contributed by atoms with E-state index in [2.05, 4.69) is 20.5 Å². The smallest absolute Gasteiger partial charge is 0.338 e. The Balaban J connectivity index is 1.47. The van der Waals surface area contributed by atoms with Crippen LogP contribution in [0.4, 0.5) is 5.69 Å². The molecule has 2 heterocycles. The molecule has 0 saturated heterocycles. The molecule has 0 atom stereocenters. The minimum absolute atomic E-state index is 0.110. The molecule has 8 nitrogen and oxygen atoms in total. The molecule has 3 aromatic rings. The third kappa shape index (κ3) is 6.15. The van der Waals surface area contributed by atoms with Gasteiger partial charge in [0.2, 0.25) is 11.8 Å². The fourth-order valence-corrected chi connectivity index (χ4v) is 2.85. The highest BCUT2D eigenvalue weighted by Crippen LogP contribution is 2.22. The first-order chi connectivity index (χ1) is 14.2. The van der Waals surface area contributed by atoms with Gasteiger partial charge in [0.15, 0.2) is 0 Å². The molecule has 9 heteroatoms. The van der Waals surface area contributed by atoms with Crippen LogP contribution in [0.1, 0.15) is 30.1 Å². The molecule has 0 fully saturated rings. The van der Waals surface area contributed by atoms with Crippen LogP contribution >= 0.6 is 11.8 Å². The first-order valence-corrected chi connectivity index (χ1v) is 10.1. The van der Waals surface area contributed by atoms with E-state index in [0.717, 1.165) is 30.2 Å². The fraction of sp³-hybridized carbons (Fsp3) is 0.250. The number of carbonyl (C=O) groups is 2. The van der Waals surface area contributed by atoms with E-state index in [4.69, 9.17) is 9.15 Å². The first-order valence-electron chi connectivity index (χ1n) is 9.09. The second kappa shape index (κ2) is 10.4. The molecular formula is C20H20N4O4S. The standard InChI is InChI=1S/C20H20N4O4S/c1-2-3-12-27-19(26)15-4-6-16(7-5-15)22-17(25)13-29-20-24-23-18(28-20)14-8-10-21-11-9-14/h4-11H,2-3,12-13H2,1H3,(H,22,25). The van der Waals surface area contributed by atoms with Crippen molar-refractivity contribution >= 4 is 29.3 Å². The Bertz CT molecular complexity index is 945. The number of hydrogen-bond donors (Lipinski definition) is 1. The summed E-state index contributed by atoms with van der Waals surface area (Å²) < 4.78 is 10.7. The van der Waals surface area contributed by atoms with Gasteiger partial charge in [0, 0.05) is 23.6 Å². The molecular weight excluding hydrogens is 392 g/mol. The Morgan fingerprint density at radius 1 is 1.10 bits per heavy atom. The number of anilines is 1. The summed E-state index contributed by atoms with van der Waals surface area (Å²) in [5.41, 5.74) is 1.80. The van der Waals surface area contributed by atoms with Gasteiger partial charge in [0.25, 0.3) is 5.22 Å². The van der Waals surface area contributed by atoms with Crippen molar-refractivity contribution in [3.8, 4) is 11.5 Å². The second-order valence-corrected chi connectivity index (χ2v) is 6.94. The summed E-state index contributed by atoms with van der Waals surface area (Å²) in [7, 11) is 0. The van der Waals surface area contributed by atoms with Crippen LogP contribution in [0.5, 0.6) is 0 Å². The quantitative estimate of drug-likeness (QED) is 0.321. The van der Waals surface area contributed by atoms with Crippen molar-refractivity contribution in [3.63, 3.8) is 0 Å². The summed E-state index contributed by atoms with van der Waals surface area (Å²) in [4.78, 5) is 27.9. The number of amides is 1. The van der Waals surface area contributed by atoms with Crippen LogP contribution in [0.15, 0.2) is 58.4 Å². The zero-order chi connectivity index (χ0) is 20.5. The van der Waals surface area contributed by atoms with Gasteiger partial charge < -0.3 is 14.5 Å². The number of pyridine rings is 1. The Morgan fingerprint density at radius 2 is 1.86 bits per heavy atom. The summed E-state index contributed by atoms with van der Waals surface area (Å²) in [5, 5.41) is 11.0. The van der Waals surface area contributed by atoms with E-state index in [9.17, 15) is 9.59 Å². The summed E-state index contributed by atoms with van der Waals surface area (Å²) >= 11 is 1.14. The van der Waals surface area contributed by atoms with E-state index in [1.165, 1.54) is 0 Å². The molecule has 1 N–H and O–H groups in total. The van der Waals surface area contributed by atoms with E-state index < -0.39 is 0 Å². The molecule has 0 aliphatic rings. The zero-order valence-corrected chi connectivity index (χ0v) is 16.6. The highest BCUT2D eigenvalue weighted by molar-refractivity contribution is 7.99. The zero-order valence-electron chi connectivity index (χ0n) is 15.8. The monoisotopic (exact) mass is 412 g/mol. The van der Waals surface area contributed by atoms with Crippen LogP contribution in [0.25, 0.3) is 11.5 Å². The number of aromatic nitrogens is 3. The lowest BCUT2D eigenvalue weighted by atomic mass is 10.2. The summed E-state index contributed by atoms with van der Waals surface area (Å²) in [6.07, 6.45) is 5.07. The van der Waals surface area contributed by atoms with Gasteiger partial charge in [-0.3, -0.25) is 9.78 Å². The van der Waals surface area contributed by atoms with E-state index in [0.29, 0.717) is 29.0 Å². The largest absolute Gasteiger partial charge is 0.462 e. The predicted octanol–water partition coefficient (Wildman–Crippen LogP) is 3.82. The molecule has 0 unspecified atom stereocenters. The Labute approximate surface area is 172 Å². The van der Waals surface area contributed by atoms with Gasteiger partial charge in [-0.05, 0) is 42.8 Å². The van der Waals surface area contributed by atoms with Gasteiger partial charge in [-0.15, -0.1) is 10.2 Å². The summed E-state index contributed by atoms with van der Waals surface area (Å²) in [5.74, 6) is -0.111. The maximum atomic E-state index is 12.1. The average molecular weight is 412 g/mol. The van der Waals surface area contributed by atoms with Crippen LogP contribution in [0.2, 0.25) is 0 Å². The first kappa shape index (κ1) is 20.5. The minimum atomic E-state index is -0.367. The van der Waals surface area contributed by atoms with Crippen molar-refractivity contribution in [3.05, 3.63) is 54.4 Å². The lowest BCUT2D eigenvalue weighted by Crippen LogP contribution is -2.14. The SMILES string of the molecule is CCCCOC(=O)c1ccc(NC(=O)CSc2nnc(-c3ccncc3)o2)cc1. The number of carbonyl (C=O) groups excluding carboxylic acids is 2. The van der Waals surface area contributed by atoms with Crippen molar-refractivity contribution in [2.75, 3.05) is 17.7 Å². The maximum absolute atomic E-state index is 12.1. The molecule has 0 bridgehead atoms. The van der Waals surface area contributed by atoms with Crippen molar-refractivity contribution in [1.29, 1.82) is 0 Å². The Hall–Kier alpha value is -3.20. The van der Waals surface area contributed by atoms with Crippen molar-refractivity contribution in [1.82, 2.24) is 15.2 Å². The lowest BCUT2D eigenvalue weighted by molar-refractivity contribution is -0.113. The van der Waals surface area contributed by atoms with E-state index >= 15 is 0 Å². The Kier molecular flexibility index (Phi) is 7.34.